The maximum Gasteiger partial charge on any atom is 0.258 e. The Morgan fingerprint density at radius 1 is 1.05 bits per heavy atom. The summed E-state index contributed by atoms with van der Waals surface area (Å²) < 4.78 is 0. The number of rotatable bonds is 5. The van der Waals surface area contributed by atoms with E-state index in [4.69, 9.17) is 0 Å². The van der Waals surface area contributed by atoms with Gasteiger partial charge >= 0.3 is 0 Å². The zero-order valence-electron chi connectivity index (χ0n) is 13.4. The second-order valence-electron chi connectivity index (χ2n) is 5.79. The first-order chi connectivity index (χ1) is 10.5. The Balaban J connectivity index is 2.13. The largest absolute Gasteiger partial charge is 0.352 e. The molecule has 1 aromatic heterocycles. The molecule has 0 fully saturated rings. The van der Waals surface area contributed by atoms with E-state index in [1.54, 1.807) is 0 Å². The van der Waals surface area contributed by atoms with Gasteiger partial charge in [0.1, 0.15) is 0 Å². The van der Waals surface area contributed by atoms with Crippen LogP contribution in [0.15, 0.2) is 36.7 Å². The first kappa shape index (κ1) is 15.9. The van der Waals surface area contributed by atoms with Crippen molar-refractivity contribution in [3.05, 3.63) is 47.8 Å². The molecule has 1 heterocycles. The fourth-order valence-corrected chi connectivity index (χ4v) is 2.09. The molecule has 0 saturated carbocycles. The lowest BCUT2D eigenvalue weighted by molar-refractivity contribution is 0.102. The van der Waals surface area contributed by atoms with E-state index in [1.165, 1.54) is 12.4 Å². The van der Waals surface area contributed by atoms with Crippen molar-refractivity contribution in [1.29, 1.82) is 0 Å². The molecule has 2 aromatic rings. The highest BCUT2D eigenvalue weighted by Gasteiger charge is 2.11. The first-order valence-electron chi connectivity index (χ1n) is 7.46. The molecule has 116 valence electrons. The van der Waals surface area contributed by atoms with Crippen molar-refractivity contribution in [2.24, 2.45) is 0 Å². The zero-order valence-corrected chi connectivity index (χ0v) is 13.4. The van der Waals surface area contributed by atoms with E-state index < -0.39 is 0 Å². The Labute approximate surface area is 131 Å². The smallest absolute Gasteiger partial charge is 0.258 e. The van der Waals surface area contributed by atoms with Gasteiger partial charge in [-0.2, -0.15) is 0 Å². The number of aromatic nitrogens is 2. The second-order valence-corrected chi connectivity index (χ2v) is 5.79. The Morgan fingerprint density at radius 2 is 1.68 bits per heavy atom. The molecule has 0 spiro atoms. The van der Waals surface area contributed by atoms with Gasteiger partial charge in [-0.25, -0.2) is 9.97 Å². The number of anilines is 2. The minimum absolute atomic E-state index is 0.204. The lowest BCUT2D eigenvalue weighted by Gasteiger charge is -2.13. The Hall–Kier alpha value is -2.43. The summed E-state index contributed by atoms with van der Waals surface area (Å²) in [5, 5.41) is 6.02. The highest BCUT2D eigenvalue weighted by molar-refractivity contribution is 6.04. The molecule has 22 heavy (non-hydrogen) atoms. The fourth-order valence-electron chi connectivity index (χ4n) is 2.09. The van der Waals surface area contributed by atoms with Crippen molar-refractivity contribution in [3.8, 4) is 0 Å². The monoisotopic (exact) mass is 298 g/mol. The summed E-state index contributed by atoms with van der Waals surface area (Å²) in [6.07, 6.45) is 3.07. The van der Waals surface area contributed by atoms with Crippen LogP contribution >= 0.6 is 0 Å². The van der Waals surface area contributed by atoms with Crippen LogP contribution in [-0.4, -0.2) is 21.9 Å². The van der Waals surface area contributed by atoms with E-state index >= 15 is 0 Å². The van der Waals surface area contributed by atoms with Crippen LogP contribution in [0.25, 0.3) is 0 Å². The van der Waals surface area contributed by atoms with Gasteiger partial charge in [-0.1, -0.05) is 32.0 Å². The standard InChI is InChI=1S/C17H22N4O/c1-11(2)14-7-5-6-8-15(14)21-16(22)13-9-18-17(19-10-13)20-12(3)4/h5-12H,1-4H3,(H,21,22)(H,18,19,20). The maximum atomic E-state index is 12.3. The van der Waals surface area contributed by atoms with Gasteiger partial charge in [-0.05, 0) is 31.4 Å². The predicted molar refractivity (Wildman–Crippen MR) is 89.3 cm³/mol. The van der Waals surface area contributed by atoms with E-state index in [0.717, 1.165) is 11.3 Å². The van der Waals surface area contributed by atoms with E-state index in [1.807, 2.05) is 38.1 Å². The third-order valence-electron chi connectivity index (χ3n) is 3.16. The lowest BCUT2D eigenvalue weighted by Crippen LogP contribution is -2.16. The number of nitrogens with one attached hydrogen (secondary N) is 2. The van der Waals surface area contributed by atoms with Crippen LogP contribution in [0, 0.1) is 0 Å². The molecule has 2 rings (SSSR count). The van der Waals surface area contributed by atoms with Crippen LogP contribution in [0.3, 0.4) is 0 Å². The number of hydrogen-bond acceptors (Lipinski definition) is 4. The fraction of sp³-hybridized carbons (Fsp3) is 0.353. The summed E-state index contributed by atoms with van der Waals surface area (Å²) in [6.45, 7) is 8.21. The highest BCUT2D eigenvalue weighted by atomic mass is 16.1. The van der Waals surface area contributed by atoms with E-state index in [0.29, 0.717) is 17.4 Å². The summed E-state index contributed by atoms with van der Waals surface area (Å²) in [6, 6.07) is 8.06. The van der Waals surface area contributed by atoms with Crippen LogP contribution in [0.4, 0.5) is 11.6 Å². The summed E-state index contributed by atoms with van der Waals surface area (Å²) in [5.41, 5.74) is 2.37. The van der Waals surface area contributed by atoms with Gasteiger partial charge in [0.25, 0.3) is 5.91 Å². The number of carbonyl (C=O) groups is 1. The third-order valence-corrected chi connectivity index (χ3v) is 3.16. The van der Waals surface area contributed by atoms with Gasteiger partial charge in [0.15, 0.2) is 0 Å². The van der Waals surface area contributed by atoms with Gasteiger partial charge in [-0.3, -0.25) is 4.79 Å². The Kier molecular flexibility index (Phi) is 5.09. The van der Waals surface area contributed by atoms with Gasteiger partial charge in [-0.15, -0.1) is 0 Å². The summed E-state index contributed by atoms with van der Waals surface area (Å²) in [5.74, 6) is 0.656. The molecule has 0 aliphatic carbocycles. The molecule has 0 bridgehead atoms. The molecule has 0 aliphatic rings. The number of amides is 1. The van der Waals surface area contributed by atoms with Gasteiger partial charge in [0.05, 0.1) is 5.56 Å². The van der Waals surface area contributed by atoms with E-state index in [-0.39, 0.29) is 11.9 Å². The molecule has 5 heteroatoms. The number of nitrogens with zero attached hydrogens (tertiary/aromatic N) is 2. The molecular formula is C17H22N4O. The normalized spacial score (nSPS) is 10.8. The van der Waals surface area contributed by atoms with Gasteiger partial charge < -0.3 is 10.6 Å². The zero-order chi connectivity index (χ0) is 16.1. The quantitative estimate of drug-likeness (QED) is 0.883. The molecule has 0 radical (unpaired) electrons. The van der Waals surface area contributed by atoms with Crippen LogP contribution in [0.2, 0.25) is 0 Å². The van der Waals surface area contributed by atoms with Gasteiger partial charge in [0.2, 0.25) is 5.95 Å². The second kappa shape index (κ2) is 7.02. The van der Waals surface area contributed by atoms with Crippen molar-refractivity contribution in [2.45, 2.75) is 39.7 Å². The summed E-state index contributed by atoms with van der Waals surface area (Å²) in [7, 11) is 0. The van der Waals surface area contributed by atoms with E-state index in [2.05, 4.69) is 34.4 Å². The molecule has 2 N–H and O–H groups in total. The summed E-state index contributed by atoms with van der Waals surface area (Å²) >= 11 is 0. The van der Waals surface area contributed by atoms with Crippen molar-refractivity contribution < 1.29 is 4.79 Å². The Bertz CT molecular complexity index is 635. The minimum atomic E-state index is -0.204. The number of para-hydroxylation sites is 1. The highest BCUT2D eigenvalue weighted by Crippen LogP contribution is 2.24. The number of hydrogen-bond donors (Lipinski definition) is 2. The van der Waals surface area contributed by atoms with E-state index in [9.17, 15) is 4.79 Å². The SMILES string of the molecule is CC(C)Nc1ncc(C(=O)Nc2ccccc2C(C)C)cn1. The maximum absolute atomic E-state index is 12.3. The third kappa shape index (κ3) is 4.04. The van der Waals surface area contributed by atoms with Crippen LogP contribution in [0.1, 0.15) is 49.5 Å². The molecular weight excluding hydrogens is 276 g/mol. The van der Waals surface area contributed by atoms with Crippen LogP contribution < -0.4 is 10.6 Å². The topological polar surface area (TPSA) is 66.9 Å². The molecule has 0 unspecified atom stereocenters. The van der Waals surface area contributed by atoms with Crippen molar-refractivity contribution in [3.63, 3.8) is 0 Å². The predicted octanol–water partition coefficient (Wildman–Crippen LogP) is 3.67. The summed E-state index contributed by atoms with van der Waals surface area (Å²) in [4.78, 5) is 20.6. The van der Waals surface area contributed by atoms with Crippen molar-refractivity contribution >= 4 is 17.5 Å². The van der Waals surface area contributed by atoms with Crippen molar-refractivity contribution in [1.82, 2.24) is 9.97 Å². The number of benzene rings is 1. The first-order valence-corrected chi connectivity index (χ1v) is 7.46. The molecule has 5 nitrogen and oxygen atoms in total. The molecule has 0 saturated heterocycles. The average molecular weight is 298 g/mol. The molecule has 0 atom stereocenters. The number of carbonyl (C=O) groups excluding carboxylic acids is 1. The van der Waals surface area contributed by atoms with Crippen molar-refractivity contribution in [2.75, 3.05) is 10.6 Å². The minimum Gasteiger partial charge on any atom is -0.352 e. The molecule has 0 aliphatic heterocycles. The Morgan fingerprint density at radius 3 is 2.27 bits per heavy atom. The average Bonchev–Trinajstić information content (AvgIpc) is 2.47. The molecule has 1 amide bonds. The van der Waals surface area contributed by atoms with Crippen LogP contribution in [-0.2, 0) is 0 Å². The lowest BCUT2D eigenvalue weighted by atomic mass is 10.0. The molecule has 1 aromatic carbocycles. The van der Waals surface area contributed by atoms with Crippen LogP contribution in [0.5, 0.6) is 0 Å². The van der Waals surface area contributed by atoms with Gasteiger partial charge in [0, 0.05) is 24.1 Å².